The Morgan fingerprint density at radius 3 is 2.79 bits per heavy atom. The molecule has 0 N–H and O–H groups in total. The van der Waals surface area contributed by atoms with Crippen LogP contribution >= 0.6 is 0 Å². The minimum absolute atomic E-state index is 0.169. The molecule has 0 aliphatic carbocycles. The lowest BCUT2D eigenvalue weighted by Crippen LogP contribution is -2.13. The van der Waals surface area contributed by atoms with Crippen LogP contribution in [0.25, 0.3) is 22.1 Å². The topological polar surface area (TPSA) is 94.7 Å². The summed E-state index contributed by atoms with van der Waals surface area (Å²) in [6.07, 6.45) is 3.50. The second-order valence-electron chi connectivity index (χ2n) is 6.19. The molecular formula is C22H17N3O4. The number of hydrogen-bond donors (Lipinski definition) is 0. The molecule has 0 atom stereocenters. The summed E-state index contributed by atoms with van der Waals surface area (Å²) in [5.41, 5.74) is 0.995. The van der Waals surface area contributed by atoms with Crippen molar-refractivity contribution in [2.45, 2.75) is 13.3 Å². The van der Waals surface area contributed by atoms with Crippen molar-refractivity contribution in [3.8, 4) is 0 Å². The van der Waals surface area contributed by atoms with E-state index in [9.17, 15) is 9.59 Å². The summed E-state index contributed by atoms with van der Waals surface area (Å²) >= 11 is 0. The molecule has 3 heterocycles. The van der Waals surface area contributed by atoms with E-state index < -0.39 is 5.97 Å². The molecule has 0 radical (unpaired) electrons. The predicted octanol–water partition coefficient (Wildman–Crippen LogP) is 3.86. The number of ether oxygens (including phenoxy) is 1. The molecule has 0 unspecified atom stereocenters. The predicted molar refractivity (Wildman–Crippen MR) is 110 cm³/mol. The first-order valence-electron chi connectivity index (χ1n) is 9.13. The normalized spacial score (nSPS) is 11.3. The molecule has 7 nitrogen and oxygen atoms in total. The van der Waals surface area contributed by atoms with Crippen LogP contribution in [0.3, 0.4) is 0 Å². The lowest BCUT2D eigenvalue weighted by atomic mass is 10.1. The van der Waals surface area contributed by atoms with Gasteiger partial charge in [-0.15, -0.1) is 0 Å². The van der Waals surface area contributed by atoms with Gasteiger partial charge in [-0.1, -0.05) is 18.2 Å². The van der Waals surface area contributed by atoms with Gasteiger partial charge in [0, 0.05) is 18.8 Å². The van der Waals surface area contributed by atoms with Gasteiger partial charge in [-0.2, -0.15) is 0 Å². The summed E-state index contributed by atoms with van der Waals surface area (Å²) in [4.78, 5) is 38.1. The number of aromatic nitrogens is 2. The van der Waals surface area contributed by atoms with E-state index >= 15 is 0 Å². The Morgan fingerprint density at radius 1 is 1.17 bits per heavy atom. The zero-order chi connectivity index (χ0) is 20.2. The Labute approximate surface area is 165 Å². The number of esters is 1. The third-order valence-electron chi connectivity index (χ3n) is 4.30. The van der Waals surface area contributed by atoms with Crippen LogP contribution in [0.1, 0.15) is 23.0 Å². The highest BCUT2D eigenvalue weighted by atomic mass is 16.5. The number of carbonyl (C=O) groups excluding carboxylic acids is 1. The molecular weight excluding hydrogens is 370 g/mol. The van der Waals surface area contributed by atoms with Crippen molar-refractivity contribution < 1.29 is 13.9 Å². The van der Waals surface area contributed by atoms with E-state index in [1.165, 1.54) is 6.07 Å². The number of hydrogen-bond acceptors (Lipinski definition) is 7. The molecule has 1 aromatic carbocycles. The Balaban J connectivity index is 1.83. The van der Waals surface area contributed by atoms with Gasteiger partial charge < -0.3 is 9.15 Å². The third kappa shape index (κ3) is 3.75. The summed E-state index contributed by atoms with van der Waals surface area (Å²) in [5.74, 6) is -0.000746. The maximum absolute atomic E-state index is 12.8. The second-order valence-corrected chi connectivity index (χ2v) is 6.19. The Kier molecular flexibility index (Phi) is 5.11. The molecule has 0 amide bonds. The van der Waals surface area contributed by atoms with Gasteiger partial charge in [0.15, 0.2) is 5.82 Å². The van der Waals surface area contributed by atoms with E-state index in [0.717, 1.165) is 0 Å². The minimum Gasteiger partial charge on any atom is -0.462 e. The summed E-state index contributed by atoms with van der Waals surface area (Å²) in [7, 11) is 0. The van der Waals surface area contributed by atoms with Gasteiger partial charge in [-0.05, 0) is 37.3 Å². The van der Waals surface area contributed by atoms with Gasteiger partial charge in [0.2, 0.25) is 11.1 Å². The number of nitrogens with zero attached hydrogens (tertiary/aromatic N) is 3. The van der Waals surface area contributed by atoms with Crippen LogP contribution in [0.2, 0.25) is 0 Å². The molecule has 0 bridgehead atoms. The van der Waals surface area contributed by atoms with E-state index in [0.29, 0.717) is 22.5 Å². The van der Waals surface area contributed by atoms with Crippen LogP contribution in [-0.4, -0.2) is 28.8 Å². The summed E-state index contributed by atoms with van der Waals surface area (Å²) in [6, 6.07) is 13.8. The summed E-state index contributed by atoms with van der Waals surface area (Å²) in [5, 5.41) is 0.665. The van der Waals surface area contributed by atoms with E-state index in [1.807, 2.05) is 6.07 Å². The molecule has 4 aromatic rings. The molecule has 144 valence electrons. The van der Waals surface area contributed by atoms with Crippen molar-refractivity contribution in [1.29, 1.82) is 0 Å². The molecule has 0 aliphatic rings. The molecule has 0 aliphatic heterocycles. The lowest BCUT2D eigenvalue weighted by Gasteiger charge is -2.08. The first-order chi connectivity index (χ1) is 14.2. The molecule has 0 saturated carbocycles. The number of carbonyl (C=O) groups is 1. The highest BCUT2D eigenvalue weighted by Crippen LogP contribution is 2.21. The van der Waals surface area contributed by atoms with Crippen molar-refractivity contribution >= 4 is 40.1 Å². The summed E-state index contributed by atoms with van der Waals surface area (Å²) < 4.78 is 10.9. The molecule has 7 heteroatoms. The Hall–Kier alpha value is -3.87. The van der Waals surface area contributed by atoms with Crippen LogP contribution in [0, 0.1) is 0 Å². The van der Waals surface area contributed by atoms with Crippen LogP contribution < -0.4 is 5.43 Å². The van der Waals surface area contributed by atoms with Gasteiger partial charge in [-0.3, -0.25) is 4.79 Å². The van der Waals surface area contributed by atoms with Crippen molar-refractivity contribution in [3.05, 3.63) is 76.2 Å². The molecule has 0 saturated heterocycles. The lowest BCUT2D eigenvalue weighted by molar-refractivity contribution is 0.0525. The number of rotatable bonds is 5. The molecule has 4 rings (SSSR count). The average molecular weight is 387 g/mol. The molecule has 3 aromatic heterocycles. The summed E-state index contributed by atoms with van der Waals surface area (Å²) in [6.45, 7) is 1.93. The van der Waals surface area contributed by atoms with Crippen molar-refractivity contribution in [3.63, 3.8) is 0 Å². The minimum atomic E-state index is -0.546. The number of pyridine rings is 2. The van der Waals surface area contributed by atoms with Gasteiger partial charge in [-0.25, -0.2) is 19.8 Å². The SMILES string of the molecule is CCOC(=O)c1cc2c(=O)c3ccccc3oc2nc1CC=Nc1ccccn1. The molecule has 0 fully saturated rings. The number of fused-ring (bicyclic) bond motifs is 2. The van der Waals surface area contributed by atoms with Crippen molar-refractivity contribution in [2.75, 3.05) is 6.61 Å². The first-order valence-corrected chi connectivity index (χ1v) is 9.13. The van der Waals surface area contributed by atoms with E-state index in [-0.39, 0.29) is 35.1 Å². The quantitative estimate of drug-likeness (QED) is 0.293. The monoisotopic (exact) mass is 387 g/mol. The third-order valence-corrected chi connectivity index (χ3v) is 4.30. The number of benzene rings is 1. The number of para-hydroxylation sites is 1. The fraction of sp³-hybridized carbons (Fsp3) is 0.136. The maximum atomic E-state index is 12.8. The van der Waals surface area contributed by atoms with Crippen molar-refractivity contribution in [1.82, 2.24) is 9.97 Å². The fourth-order valence-corrected chi connectivity index (χ4v) is 2.96. The van der Waals surface area contributed by atoms with Gasteiger partial charge >= 0.3 is 5.97 Å². The fourth-order valence-electron chi connectivity index (χ4n) is 2.96. The van der Waals surface area contributed by atoms with Gasteiger partial charge in [0.1, 0.15) is 5.58 Å². The van der Waals surface area contributed by atoms with Gasteiger partial charge in [0.05, 0.1) is 28.6 Å². The van der Waals surface area contributed by atoms with Gasteiger partial charge in [0.25, 0.3) is 0 Å². The van der Waals surface area contributed by atoms with E-state index in [1.54, 1.807) is 55.7 Å². The van der Waals surface area contributed by atoms with Crippen molar-refractivity contribution in [2.24, 2.45) is 4.99 Å². The zero-order valence-electron chi connectivity index (χ0n) is 15.7. The largest absolute Gasteiger partial charge is 0.462 e. The maximum Gasteiger partial charge on any atom is 0.340 e. The van der Waals surface area contributed by atoms with E-state index in [4.69, 9.17) is 9.15 Å². The smallest absolute Gasteiger partial charge is 0.340 e. The van der Waals surface area contributed by atoms with Crippen LogP contribution in [0.5, 0.6) is 0 Å². The Morgan fingerprint density at radius 2 is 2.00 bits per heavy atom. The van der Waals surface area contributed by atoms with Crippen LogP contribution in [0.4, 0.5) is 5.82 Å². The highest BCUT2D eigenvalue weighted by molar-refractivity contribution is 5.97. The zero-order valence-corrected chi connectivity index (χ0v) is 15.7. The molecule has 0 spiro atoms. The standard InChI is InChI=1S/C22H17N3O4/c1-2-28-22(27)15-13-16-20(26)14-7-3-4-8-18(14)29-21(16)25-17(15)10-12-24-19-9-5-6-11-23-19/h3-9,11-13H,2,10H2,1H3. The van der Waals surface area contributed by atoms with E-state index in [2.05, 4.69) is 15.0 Å². The molecule has 29 heavy (non-hydrogen) atoms. The second kappa shape index (κ2) is 8.02. The average Bonchev–Trinajstić information content (AvgIpc) is 2.74. The number of aliphatic imine (C=N–C) groups is 1. The highest BCUT2D eigenvalue weighted by Gasteiger charge is 2.18. The first kappa shape index (κ1) is 18.5. The Bertz CT molecular complexity index is 1280. The van der Waals surface area contributed by atoms with Crippen LogP contribution in [-0.2, 0) is 11.2 Å². The van der Waals surface area contributed by atoms with Crippen LogP contribution in [0.15, 0.2) is 68.9 Å².